The molecule has 1 fully saturated rings. The van der Waals surface area contributed by atoms with Gasteiger partial charge in [0.2, 0.25) is 11.8 Å². The lowest BCUT2D eigenvalue weighted by Gasteiger charge is -2.32. The number of methoxy groups -OCH3 is 1. The smallest absolute Gasteiger partial charge is 0.250 e. The summed E-state index contributed by atoms with van der Waals surface area (Å²) in [4.78, 5) is 15.8. The highest BCUT2D eigenvalue weighted by atomic mass is 19.1. The Morgan fingerprint density at radius 1 is 1.35 bits per heavy atom. The maximum atomic E-state index is 15.8. The van der Waals surface area contributed by atoms with Crippen LogP contribution in [0.15, 0.2) is 30.5 Å². The van der Waals surface area contributed by atoms with E-state index in [0.717, 1.165) is 12.8 Å². The molecule has 1 aromatic carbocycles. The van der Waals surface area contributed by atoms with Crippen LogP contribution in [0.1, 0.15) is 30.1 Å². The molecular formula is C21H26FN7O2. The molecule has 2 heterocycles. The Labute approximate surface area is 179 Å². The molecule has 4 rings (SSSR count). The minimum Gasteiger partial charge on any atom is -0.479 e. The van der Waals surface area contributed by atoms with Crippen LogP contribution in [-0.2, 0) is 7.05 Å². The molecule has 1 aliphatic rings. The number of benzene rings is 1. The van der Waals surface area contributed by atoms with Gasteiger partial charge in [0.05, 0.1) is 23.9 Å². The minimum atomic E-state index is -0.585. The topological polar surface area (TPSA) is 124 Å². The third-order valence-electron chi connectivity index (χ3n) is 5.57. The number of hydrazine groups is 1. The van der Waals surface area contributed by atoms with E-state index in [9.17, 15) is 4.79 Å². The van der Waals surface area contributed by atoms with Gasteiger partial charge in [-0.2, -0.15) is 0 Å². The summed E-state index contributed by atoms with van der Waals surface area (Å²) >= 11 is 0. The Kier molecular flexibility index (Phi) is 5.50. The zero-order chi connectivity index (χ0) is 22.3. The Hall–Kier alpha value is -3.24. The van der Waals surface area contributed by atoms with Gasteiger partial charge in [0.1, 0.15) is 11.2 Å². The zero-order valence-electron chi connectivity index (χ0n) is 17.7. The molecule has 0 spiro atoms. The molecule has 0 bridgehead atoms. The van der Waals surface area contributed by atoms with Crippen LogP contribution in [0.2, 0.25) is 0 Å². The molecule has 3 aromatic rings. The highest BCUT2D eigenvalue weighted by Gasteiger charge is 2.36. The van der Waals surface area contributed by atoms with E-state index in [1.807, 2.05) is 6.92 Å². The Morgan fingerprint density at radius 2 is 2.10 bits per heavy atom. The van der Waals surface area contributed by atoms with Crippen LogP contribution in [0.5, 0.6) is 5.88 Å². The number of aryl methyl sites for hydroxylation is 1. The second kappa shape index (κ2) is 8.12. The number of primary amides is 1. The lowest BCUT2D eigenvalue weighted by atomic mass is 10.1. The molecule has 9 nitrogen and oxygen atoms in total. The predicted octanol–water partition coefficient (Wildman–Crippen LogP) is 1.98. The number of rotatable bonds is 8. The summed E-state index contributed by atoms with van der Waals surface area (Å²) in [6.45, 7) is 1.92. The fraction of sp³-hybridized carbons (Fsp3) is 0.381. The number of carbonyl (C=O) groups is 1. The van der Waals surface area contributed by atoms with Gasteiger partial charge in [0.15, 0.2) is 5.82 Å². The van der Waals surface area contributed by atoms with E-state index in [4.69, 9.17) is 16.2 Å². The summed E-state index contributed by atoms with van der Waals surface area (Å²) in [5.74, 6) is -0.100. The van der Waals surface area contributed by atoms with Crippen LogP contribution < -0.4 is 26.6 Å². The first-order chi connectivity index (χ1) is 14.8. The van der Waals surface area contributed by atoms with E-state index >= 15 is 4.39 Å². The van der Waals surface area contributed by atoms with Gasteiger partial charge in [-0.1, -0.05) is 0 Å². The van der Waals surface area contributed by atoms with Gasteiger partial charge >= 0.3 is 0 Å². The Morgan fingerprint density at radius 3 is 2.65 bits per heavy atom. The van der Waals surface area contributed by atoms with Crippen molar-refractivity contribution in [2.24, 2.45) is 24.4 Å². The van der Waals surface area contributed by atoms with Gasteiger partial charge in [-0.05, 0) is 49.9 Å². The van der Waals surface area contributed by atoms with Crippen LogP contribution in [0.4, 0.5) is 15.9 Å². The number of ether oxygens (including phenoxy) is 1. The number of nitrogens with zero attached hydrogens (tertiary/aromatic N) is 4. The van der Waals surface area contributed by atoms with Crippen LogP contribution in [0.25, 0.3) is 10.9 Å². The van der Waals surface area contributed by atoms with Crippen molar-refractivity contribution in [1.29, 1.82) is 0 Å². The van der Waals surface area contributed by atoms with Crippen molar-refractivity contribution in [3.63, 3.8) is 0 Å². The standard InChI is InChI=1S/C21H26FN7O2/c1-11(23)19(12-4-5-12)26-29(16-9-6-13(10-25-16)20(24)30)15-8-7-14-17(18(15)22)21(31-3)27-28(14)2/h6-12,19,26H,4-5,23H2,1-3H3,(H2,24,30)/t11-,19-/m0/s1. The van der Waals surface area contributed by atoms with Crippen molar-refractivity contribution in [3.8, 4) is 5.88 Å². The third kappa shape index (κ3) is 3.91. The van der Waals surface area contributed by atoms with Gasteiger partial charge in [-0.3, -0.25) is 14.5 Å². The number of amides is 1. The average Bonchev–Trinajstić information content (AvgIpc) is 3.52. The van der Waals surface area contributed by atoms with Crippen LogP contribution >= 0.6 is 0 Å². The number of aromatic nitrogens is 3. The van der Waals surface area contributed by atoms with E-state index in [1.54, 1.807) is 41.0 Å². The van der Waals surface area contributed by atoms with E-state index in [0.29, 0.717) is 17.3 Å². The Bertz CT molecular complexity index is 1110. The van der Waals surface area contributed by atoms with Crippen LogP contribution in [0.3, 0.4) is 0 Å². The number of hydrogen-bond donors (Lipinski definition) is 3. The highest BCUT2D eigenvalue weighted by Crippen LogP contribution is 2.37. The molecule has 10 heteroatoms. The number of halogens is 1. The zero-order valence-corrected chi connectivity index (χ0v) is 17.7. The first kappa shape index (κ1) is 21.0. The summed E-state index contributed by atoms with van der Waals surface area (Å²) in [6.07, 6.45) is 3.48. The number of nitrogens with two attached hydrogens (primary N) is 2. The van der Waals surface area contributed by atoms with Gasteiger partial charge in [-0.25, -0.2) is 14.8 Å². The van der Waals surface area contributed by atoms with Crippen LogP contribution in [0, 0.1) is 11.7 Å². The quantitative estimate of drug-likeness (QED) is 0.470. The maximum Gasteiger partial charge on any atom is 0.250 e. The number of nitrogens with one attached hydrogen (secondary N) is 1. The second-order valence-corrected chi connectivity index (χ2v) is 7.88. The summed E-state index contributed by atoms with van der Waals surface area (Å²) in [5, 5.41) is 6.07. The largest absolute Gasteiger partial charge is 0.479 e. The lowest BCUT2D eigenvalue weighted by Crippen LogP contribution is -2.52. The summed E-state index contributed by atoms with van der Waals surface area (Å²) in [6, 6.07) is 6.35. The second-order valence-electron chi connectivity index (χ2n) is 7.88. The first-order valence-electron chi connectivity index (χ1n) is 10.1. The van der Waals surface area contributed by atoms with E-state index in [2.05, 4.69) is 15.5 Å². The van der Waals surface area contributed by atoms with E-state index in [1.165, 1.54) is 13.3 Å². The molecule has 1 aliphatic carbocycles. The van der Waals surface area contributed by atoms with Crippen molar-refractivity contribution in [2.45, 2.75) is 31.8 Å². The summed E-state index contributed by atoms with van der Waals surface area (Å²) in [7, 11) is 3.18. The molecule has 0 unspecified atom stereocenters. The SMILES string of the molecule is COc1nn(C)c2ccc(N(N[C@H](C3CC3)[C@H](C)N)c3ccc(C(N)=O)cn3)c(F)c12. The predicted molar refractivity (Wildman–Crippen MR) is 115 cm³/mol. The first-order valence-corrected chi connectivity index (χ1v) is 10.1. The molecule has 5 N–H and O–H groups in total. The van der Waals surface area contributed by atoms with Crippen molar-refractivity contribution in [3.05, 3.63) is 41.8 Å². The van der Waals surface area contributed by atoms with Crippen LogP contribution in [-0.4, -0.2) is 39.9 Å². The van der Waals surface area contributed by atoms with Gasteiger partial charge < -0.3 is 16.2 Å². The molecule has 0 radical (unpaired) electrons. The number of pyridine rings is 1. The molecule has 2 atom stereocenters. The Balaban J connectivity index is 1.83. The molecular weight excluding hydrogens is 401 g/mol. The van der Waals surface area contributed by atoms with Gasteiger partial charge in [-0.15, -0.1) is 5.10 Å². The monoisotopic (exact) mass is 427 g/mol. The fourth-order valence-electron chi connectivity index (χ4n) is 3.76. The minimum absolute atomic E-state index is 0.0801. The van der Waals surface area contributed by atoms with Gasteiger partial charge in [0.25, 0.3) is 0 Å². The molecule has 2 aromatic heterocycles. The maximum absolute atomic E-state index is 15.8. The van der Waals surface area contributed by atoms with Gasteiger partial charge in [0, 0.05) is 25.3 Å². The third-order valence-corrected chi connectivity index (χ3v) is 5.57. The van der Waals surface area contributed by atoms with Crippen molar-refractivity contribution >= 4 is 28.3 Å². The average molecular weight is 427 g/mol. The fourth-order valence-corrected chi connectivity index (χ4v) is 3.76. The number of anilines is 2. The molecule has 0 aliphatic heterocycles. The van der Waals surface area contributed by atoms with Crippen molar-refractivity contribution in [1.82, 2.24) is 20.2 Å². The highest BCUT2D eigenvalue weighted by molar-refractivity contribution is 5.93. The normalized spacial score (nSPS) is 15.6. The summed E-state index contributed by atoms with van der Waals surface area (Å²) in [5.41, 5.74) is 16.0. The summed E-state index contributed by atoms with van der Waals surface area (Å²) < 4.78 is 22.6. The number of fused-ring (bicyclic) bond motifs is 1. The lowest BCUT2D eigenvalue weighted by molar-refractivity contribution is 0.1000. The van der Waals surface area contributed by atoms with Crippen molar-refractivity contribution < 1.29 is 13.9 Å². The van der Waals surface area contributed by atoms with Crippen molar-refractivity contribution in [2.75, 3.05) is 12.1 Å². The molecule has 31 heavy (non-hydrogen) atoms. The molecule has 0 saturated heterocycles. The number of hydrogen-bond acceptors (Lipinski definition) is 7. The van der Waals surface area contributed by atoms with E-state index < -0.39 is 11.7 Å². The molecule has 164 valence electrons. The van der Waals surface area contributed by atoms with E-state index in [-0.39, 0.29) is 34.6 Å². The molecule has 1 amide bonds. The molecule has 1 saturated carbocycles. The number of carbonyl (C=O) groups excluding carboxylic acids is 1.